The minimum Gasteiger partial charge on any atom is -0.493 e. The molecule has 2 aromatic carbocycles. The summed E-state index contributed by atoms with van der Waals surface area (Å²) in [6.07, 6.45) is 7.72. The number of halogens is 1. The predicted octanol–water partition coefficient (Wildman–Crippen LogP) is 6.08. The van der Waals surface area contributed by atoms with Crippen molar-refractivity contribution in [3.8, 4) is 27.6 Å². The normalized spacial score (nSPS) is 14.0. The van der Waals surface area contributed by atoms with Crippen LogP contribution in [0.15, 0.2) is 59.7 Å². The molecule has 2 aromatic heterocycles. The summed E-state index contributed by atoms with van der Waals surface area (Å²) < 4.78 is 13.7. The zero-order chi connectivity index (χ0) is 24.2. The van der Waals surface area contributed by atoms with Gasteiger partial charge in [-0.15, -0.1) is 11.3 Å². The van der Waals surface area contributed by atoms with Crippen LogP contribution in [-0.4, -0.2) is 35.9 Å². The van der Waals surface area contributed by atoms with E-state index in [1.54, 1.807) is 18.0 Å². The molecule has 4 aromatic rings. The first-order chi connectivity index (χ1) is 17.1. The summed E-state index contributed by atoms with van der Waals surface area (Å²) in [7, 11) is 1.61. The topological polar surface area (TPSA) is 65.4 Å². The predicted molar refractivity (Wildman–Crippen MR) is 143 cm³/mol. The number of aromatic nitrogens is 2. The molecule has 35 heavy (non-hydrogen) atoms. The SMILES string of the molecule is COc1cc(-n2cnc3cc(-c4ccc(Cl)cc4)sc3c2=O)ccc1OCCCNC1CCCC1. The molecular formula is C27H28ClN3O3S. The van der Waals surface area contributed by atoms with Crippen LogP contribution in [0.5, 0.6) is 11.5 Å². The Kier molecular flexibility index (Phi) is 7.37. The van der Waals surface area contributed by atoms with Crippen molar-refractivity contribution >= 4 is 33.2 Å². The number of nitrogens with zero attached hydrogens (tertiary/aromatic N) is 2. The third-order valence-electron chi connectivity index (χ3n) is 6.36. The minimum atomic E-state index is -0.117. The van der Waals surface area contributed by atoms with Gasteiger partial charge in [-0.05, 0) is 61.7 Å². The second-order valence-corrected chi connectivity index (χ2v) is 10.2. The average molecular weight is 510 g/mol. The molecule has 0 bridgehead atoms. The van der Waals surface area contributed by atoms with E-state index in [0.717, 1.165) is 23.4 Å². The summed E-state index contributed by atoms with van der Waals surface area (Å²) >= 11 is 7.44. The zero-order valence-corrected chi connectivity index (χ0v) is 21.2. The Hall–Kier alpha value is -2.87. The van der Waals surface area contributed by atoms with E-state index in [0.29, 0.717) is 45.1 Å². The largest absolute Gasteiger partial charge is 0.493 e. The molecule has 6 nitrogen and oxygen atoms in total. The number of thiophene rings is 1. The van der Waals surface area contributed by atoms with E-state index >= 15 is 0 Å². The number of methoxy groups -OCH3 is 1. The molecule has 1 aliphatic rings. The number of hydrogen-bond donors (Lipinski definition) is 1. The standard InChI is InChI=1S/C27H28ClN3O3S/c1-33-24-15-21(11-12-23(24)34-14-4-13-29-20-5-2-3-6-20)31-17-30-22-16-25(35-26(22)27(31)32)18-7-9-19(28)10-8-18/h7-12,15-17,20,29H,2-6,13-14H2,1H3. The van der Waals surface area contributed by atoms with Crippen molar-refractivity contribution < 1.29 is 9.47 Å². The third-order valence-corrected chi connectivity index (χ3v) is 7.77. The lowest BCUT2D eigenvalue weighted by molar-refractivity contribution is 0.285. The minimum absolute atomic E-state index is 0.117. The molecule has 0 aliphatic heterocycles. The number of ether oxygens (including phenoxy) is 2. The second kappa shape index (κ2) is 10.8. The van der Waals surface area contributed by atoms with E-state index in [1.165, 1.54) is 37.0 Å². The van der Waals surface area contributed by atoms with Crippen LogP contribution >= 0.6 is 22.9 Å². The van der Waals surface area contributed by atoms with Crippen molar-refractivity contribution in [1.29, 1.82) is 0 Å². The summed E-state index contributed by atoms with van der Waals surface area (Å²) in [5.74, 6) is 1.26. The maximum absolute atomic E-state index is 13.3. The number of fused-ring (bicyclic) bond motifs is 1. The van der Waals surface area contributed by atoms with E-state index in [4.69, 9.17) is 21.1 Å². The van der Waals surface area contributed by atoms with E-state index in [-0.39, 0.29) is 5.56 Å². The van der Waals surface area contributed by atoms with Crippen molar-refractivity contribution in [1.82, 2.24) is 14.9 Å². The van der Waals surface area contributed by atoms with E-state index in [2.05, 4.69) is 10.3 Å². The summed E-state index contributed by atoms with van der Waals surface area (Å²) in [6, 6.07) is 15.7. The van der Waals surface area contributed by atoms with Crippen molar-refractivity contribution in [2.75, 3.05) is 20.3 Å². The van der Waals surface area contributed by atoms with Gasteiger partial charge in [0.2, 0.25) is 0 Å². The molecule has 8 heteroatoms. The molecule has 1 N–H and O–H groups in total. The van der Waals surface area contributed by atoms with E-state index in [9.17, 15) is 4.79 Å². The van der Waals surface area contributed by atoms with Crippen LogP contribution in [0, 0.1) is 0 Å². The summed E-state index contributed by atoms with van der Waals surface area (Å²) in [5, 5.41) is 4.28. The lowest BCUT2D eigenvalue weighted by atomic mass is 10.2. The number of nitrogens with one attached hydrogen (secondary N) is 1. The lowest BCUT2D eigenvalue weighted by Crippen LogP contribution is -2.27. The van der Waals surface area contributed by atoms with Gasteiger partial charge < -0.3 is 14.8 Å². The maximum Gasteiger partial charge on any atom is 0.275 e. The number of rotatable bonds is 9. The third kappa shape index (κ3) is 5.37. The van der Waals surface area contributed by atoms with Crippen molar-refractivity contribution in [3.05, 3.63) is 70.2 Å². The van der Waals surface area contributed by atoms with Crippen LogP contribution in [0.25, 0.3) is 26.3 Å². The highest BCUT2D eigenvalue weighted by Crippen LogP contribution is 2.33. The Morgan fingerprint density at radius 1 is 1.11 bits per heavy atom. The van der Waals surface area contributed by atoms with Gasteiger partial charge in [-0.25, -0.2) is 4.98 Å². The molecule has 0 unspecified atom stereocenters. The molecule has 5 rings (SSSR count). The van der Waals surface area contributed by atoms with Gasteiger partial charge >= 0.3 is 0 Å². The molecular weight excluding hydrogens is 482 g/mol. The van der Waals surface area contributed by atoms with Gasteiger partial charge in [0.25, 0.3) is 5.56 Å². The van der Waals surface area contributed by atoms with Crippen LogP contribution < -0.4 is 20.3 Å². The summed E-state index contributed by atoms with van der Waals surface area (Å²) in [6.45, 7) is 1.55. The van der Waals surface area contributed by atoms with Gasteiger partial charge in [0.05, 0.1) is 24.9 Å². The Morgan fingerprint density at radius 3 is 2.69 bits per heavy atom. The molecule has 2 heterocycles. The lowest BCUT2D eigenvalue weighted by Gasteiger charge is -2.14. The maximum atomic E-state index is 13.3. The molecule has 1 fully saturated rings. The molecule has 1 aliphatic carbocycles. The quantitative estimate of drug-likeness (QED) is 0.277. The van der Waals surface area contributed by atoms with Gasteiger partial charge in [0, 0.05) is 22.0 Å². The number of hydrogen-bond acceptors (Lipinski definition) is 6. The van der Waals surface area contributed by atoms with Gasteiger partial charge in [0.15, 0.2) is 11.5 Å². The van der Waals surface area contributed by atoms with Crippen LogP contribution in [0.1, 0.15) is 32.1 Å². The van der Waals surface area contributed by atoms with Crippen molar-refractivity contribution in [2.24, 2.45) is 0 Å². The fourth-order valence-corrected chi connectivity index (χ4v) is 5.64. The van der Waals surface area contributed by atoms with Gasteiger partial charge in [0.1, 0.15) is 11.0 Å². The molecule has 0 atom stereocenters. The van der Waals surface area contributed by atoms with Gasteiger partial charge in [-0.2, -0.15) is 0 Å². The first-order valence-corrected chi connectivity index (χ1v) is 13.1. The molecule has 0 spiro atoms. The Bertz CT molecular complexity index is 1360. The highest BCUT2D eigenvalue weighted by molar-refractivity contribution is 7.22. The monoisotopic (exact) mass is 509 g/mol. The Labute approximate surface area is 213 Å². The van der Waals surface area contributed by atoms with Gasteiger partial charge in [-0.1, -0.05) is 36.6 Å². The van der Waals surface area contributed by atoms with Crippen LogP contribution in [0.2, 0.25) is 5.02 Å². The molecule has 0 radical (unpaired) electrons. The summed E-state index contributed by atoms with van der Waals surface area (Å²) in [5.41, 5.74) is 2.25. The van der Waals surface area contributed by atoms with Crippen LogP contribution in [-0.2, 0) is 0 Å². The Balaban J connectivity index is 1.31. The molecule has 1 saturated carbocycles. The van der Waals surface area contributed by atoms with Crippen molar-refractivity contribution in [2.45, 2.75) is 38.1 Å². The van der Waals surface area contributed by atoms with Crippen molar-refractivity contribution in [3.63, 3.8) is 0 Å². The van der Waals surface area contributed by atoms with Crippen LogP contribution in [0.3, 0.4) is 0 Å². The zero-order valence-electron chi connectivity index (χ0n) is 19.6. The second-order valence-electron chi connectivity index (χ2n) is 8.72. The number of benzene rings is 2. The first-order valence-electron chi connectivity index (χ1n) is 11.9. The van der Waals surface area contributed by atoms with E-state index < -0.39 is 0 Å². The fraction of sp³-hybridized carbons (Fsp3) is 0.333. The Morgan fingerprint density at radius 2 is 1.91 bits per heavy atom. The highest BCUT2D eigenvalue weighted by Gasteiger charge is 2.15. The molecule has 0 saturated heterocycles. The van der Waals surface area contributed by atoms with Crippen LogP contribution in [0.4, 0.5) is 0 Å². The average Bonchev–Trinajstić information content (AvgIpc) is 3.55. The summed E-state index contributed by atoms with van der Waals surface area (Å²) in [4.78, 5) is 18.8. The fourth-order valence-electron chi connectivity index (χ4n) is 4.47. The smallest absolute Gasteiger partial charge is 0.275 e. The highest BCUT2D eigenvalue weighted by atomic mass is 35.5. The van der Waals surface area contributed by atoms with Gasteiger partial charge in [-0.3, -0.25) is 9.36 Å². The van der Waals surface area contributed by atoms with E-state index in [1.807, 2.05) is 48.5 Å². The molecule has 182 valence electrons. The molecule has 0 amide bonds. The first kappa shape index (κ1) is 23.9.